The number of nitrogens with one attached hydrogen (secondary N) is 1. The maximum atomic E-state index is 12.0. The van der Waals surface area contributed by atoms with E-state index in [9.17, 15) is 14.4 Å². The monoisotopic (exact) mass is 312 g/mol. The molecule has 0 unspecified atom stereocenters. The van der Waals surface area contributed by atoms with Gasteiger partial charge in [-0.25, -0.2) is 0 Å². The molecule has 6 heteroatoms. The third-order valence-electron chi connectivity index (χ3n) is 3.99. The standard InChI is InChI=1S/C16H28N2O4/c1-3-8-18(9-4-2)15(20)7-5-6-14(19)17-13-10-12(11-13)16(21)22/h12-13H,3-11H2,1-2H3,(H,17,19)(H,21,22). The molecule has 2 N–H and O–H groups in total. The van der Waals surface area contributed by atoms with Crippen LogP contribution in [-0.2, 0) is 14.4 Å². The number of amides is 2. The largest absolute Gasteiger partial charge is 0.481 e. The van der Waals surface area contributed by atoms with Crippen molar-refractivity contribution in [1.29, 1.82) is 0 Å². The Morgan fingerprint density at radius 1 is 1.09 bits per heavy atom. The lowest BCUT2D eigenvalue weighted by atomic mass is 9.80. The number of carbonyl (C=O) groups excluding carboxylic acids is 2. The highest BCUT2D eigenvalue weighted by molar-refractivity contribution is 5.79. The molecule has 1 aliphatic rings. The van der Waals surface area contributed by atoms with Crippen molar-refractivity contribution in [1.82, 2.24) is 10.2 Å². The van der Waals surface area contributed by atoms with Gasteiger partial charge in [-0.1, -0.05) is 13.8 Å². The molecule has 0 heterocycles. The molecule has 126 valence electrons. The van der Waals surface area contributed by atoms with E-state index < -0.39 is 5.97 Å². The summed E-state index contributed by atoms with van der Waals surface area (Å²) in [6.45, 7) is 5.65. The molecule has 2 amide bonds. The molecule has 1 rings (SSSR count). The molecule has 0 aliphatic heterocycles. The van der Waals surface area contributed by atoms with Crippen LogP contribution in [0.15, 0.2) is 0 Å². The fourth-order valence-electron chi connectivity index (χ4n) is 2.70. The average molecular weight is 312 g/mol. The van der Waals surface area contributed by atoms with E-state index in [1.165, 1.54) is 0 Å². The number of rotatable bonds is 10. The van der Waals surface area contributed by atoms with Gasteiger partial charge in [0.15, 0.2) is 0 Å². The molecule has 0 aromatic rings. The first-order chi connectivity index (χ1) is 10.5. The van der Waals surface area contributed by atoms with Crippen LogP contribution in [0.25, 0.3) is 0 Å². The van der Waals surface area contributed by atoms with E-state index >= 15 is 0 Å². The first kappa shape index (κ1) is 18.5. The second kappa shape index (κ2) is 9.43. The van der Waals surface area contributed by atoms with E-state index in [4.69, 9.17) is 5.11 Å². The Morgan fingerprint density at radius 3 is 2.18 bits per heavy atom. The van der Waals surface area contributed by atoms with Gasteiger partial charge in [-0.15, -0.1) is 0 Å². The van der Waals surface area contributed by atoms with Crippen LogP contribution < -0.4 is 5.32 Å². The SMILES string of the molecule is CCCN(CCC)C(=O)CCCC(=O)NC1CC(C(=O)O)C1. The van der Waals surface area contributed by atoms with Crippen molar-refractivity contribution in [2.45, 2.75) is 64.8 Å². The Labute approximate surface area is 132 Å². The third-order valence-corrected chi connectivity index (χ3v) is 3.99. The summed E-state index contributed by atoms with van der Waals surface area (Å²) in [6, 6.07) is -0.0130. The predicted octanol–water partition coefficient (Wildman–Crippen LogP) is 1.78. The number of nitrogens with zero attached hydrogens (tertiary/aromatic N) is 1. The molecule has 0 saturated heterocycles. The van der Waals surface area contributed by atoms with Crippen molar-refractivity contribution in [3.05, 3.63) is 0 Å². The summed E-state index contributed by atoms with van der Waals surface area (Å²) in [5.74, 6) is -1.07. The van der Waals surface area contributed by atoms with Gasteiger partial charge in [0, 0.05) is 32.0 Å². The zero-order valence-corrected chi connectivity index (χ0v) is 13.6. The van der Waals surface area contributed by atoms with Gasteiger partial charge in [0.1, 0.15) is 0 Å². The fourth-order valence-corrected chi connectivity index (χ4v) is 2.70. The van der Waals surface area contributed by atoms with Crippen LogP contribution in [0.1, 0.15) is 58.8 Å². The summed E-state index contributed by atoms with van der Waals surface area (Å²) < 4.78 is 0. The third kappa shape index (κ3) is 6.03. The first-order valence-electron chi connectivity index (χ1n) is 8.27. The highest BCUT2D eigenvalue weighted by Crippen LogP contribution is 2.27. The van der Waals surface area contributed by atoms with E-state index in [0.29, 0.717) is 32.1 Å². The van der Waals surface area contributed by atoms with Crippen LogP contribution in [0.5, 0.6) is 0 Å². The molecule has 0 bridgehead atoms. The number of carboxylic acid groups (broad SMARTS) is 1. The molecule has 0 aromatic heterocycles. The van der Waals surface area contributed by atoms with E-state index in [-0.39, 0.29) is 23.8 Å². The maximum Gasteiger partial charge on any atom is 0.306 e. The van der Waals surface area contributed by atoms with Crippen molar-refractivity contribution in [3.8, 4) is 0 Å². The van der Waals surface area contributed by atoms with Gasteiger partial charge >= 0.3 is 5.97 Å². The first-order valence-corrected chi connectivity index (χ1v) is 8.27. The van der Waals surface area contributed by atoms with Crippen molar-refractivity contribution >= 4 is 17.8 Å². The topological polar surface area (TPSA) is 86.7 Å². The Morgan fingerprint density at radius 2 is 1.68 bits per heavy atom. The average Bonchev–Trinajstić information content (AvgIpc) is 2.41. The quantitative estimate of drug-likeness (QED) is 0.644. The zero-order valence-electron chi connectivity index (χ0n) is 13.6. The van der Waals surface area contributed by atoms with Crippen molar-refractivity contribution in [3.63, 3.8) is 0 Å². The second-order valence-corrected chi connectivity index (χ2v) is 6.01. The lowest BCUT2D eigenvalue weighted by Gasteiger charge is -2.32. The fraction of sp³-hybridized carbons (Fsp3) is 0.812. The van der Waals surface area contributed by atoms with Gasteiger partial charge in [0.05, 0.1) is 5.92 Å². The summed E-state index contributed by atoms with van der Waals surface area (Å²) in [5, 5.41) is 11.6. The van der Waals surface area contributed by atoms with Gasteiger partial charge in [-0.05, 0) is 32.1 Å². The van der Waals surface area contributed by atoms with Gasteiger partial charge in [0.25, 0.3) is 0 Å². The van der Waals surface area contributed by atoms with E-state index in [1.54, 1.807) is 0 Å². The molecular weight excluding hydrogens is 284 g/mol. The summed E-state index contributed by atoms with van der Waals surface area (Å²) in [5.41, 5.74) is 0. The van der Waals surface area contributed by atoms with Crippen LogP contribution in [0.3, 0.4) is 0 Å². The van der Waals surface area contributed by atoms with Crippen LogP contribution in [0.2, 0.25) is 0 Å². The maximum absolute atomic E-state index is 12.0. The zero-order chi connectivity index (χ0) is 16.5. The number of carbonyl (C=O) groups is 3. The van der Waals surface area contributed by atoms with Crippen LogP contribution >= 0.6 is 0 Å². The van der Waals surface area contributed by atoms with Gasteiger partial charge in [-0.3, -0.25) is 14.4 Å². The normalized spacial score (nSPS) is 20.1. The van der Waals surface area contributed by atoms with Crippen LogP contribution in [-0.4, -0.2) is 46.9 Å². The number of hydrogen-bond acceptors (Lipinski definition) is 3. The summed E-state index contributed by atoms with van der Waals surface area (Å²) in [6.07, 6.45) is 4.18. The van der Waals surface area contributed by atoms with E-state index in [1.807, 2.05) is 18.7 Å². The minimum Gasteiger partial charge on any atom is -0.481 e. The second-order valence-electron chi connectivity index (χ2n) is 6.01. The van der Waals surface area contributed by atoms with E-state index in [0.717, 1.165) is 25.9 Å². The number of aliphatic carboxylic acids is 1. The lowest BCUT2D eigenvalue weighted by Crippen LogP contribution is -2.46. The number of hydrogen-bond donors (Lipinski definition) is 2. The van der Waals surface area contributed by atoms with Gasteiger partial charge in [0.2, 0.25) is 11.8 Å². The Hall–Kier alpha value is -1.59. The molecule has 1 fully saturated rings. The molecule has 1 saturated carbocycles. The predicted molar refractivity (Wildman–Crippen MR) is 83.3 cm³/mol. The van der Waals surface area contributed by atoms with Gasteiger partial charge < -0.3 is 15.3 Å². The molecule has 0 atom stereocenters. The van der Waals surface area contributed by atoms with Gasteiger partial charge in [-0.2, -0.15) is 0 Å². The van der Waals surface area contributed by atoms with Crippen LogP contribution in [0.4, 0.5) is 0 Å². The Balaban J connectivity index is 2.16. The Kier molecular flexibility index (Phi) is 7.91. The number of carboxylic acids is 1. The molecule has 0 spiro atoms. The minimum atomic E-state index is -0.789. The van der Waals surface area contributed by atoms with E-state index in [2.05, 4.69) is 5.32 Å². The smallest absolute Gasteiger partial charge is 0.306 e. The highest BCUT2D eigenvalue weighted by atomic mass is 16.4. The molecule has 1 aliphatic carbocycles. The summed E-state index contributed by atoms with van der Waals surface area (Å²) in [7, 11) is 0. The summed E-state index contributed by atoms with van der Waals surface area (Å²) >= 11 is 0. The molecule has 0 aromatic carbocycles. The molecule has 0 radical (unpaired) electrons. The minimum absolute atomic E-state index is 0.0130. The Bertz CT molecular complexity index is 386. The molecule has 22 heavy (non-hydrogen) atoms. The van der Waals surface area contributed by atoms with Crippen molar-refractivity contribution < 1.29 is 19.5 Å². The van der Waals surface area contributed by atoms with Crippen molar-refractivity contribution in [2.75, 3.05) is 13.1 Å². The summed E-state index contributed by atoms with van der Waals surface area (Å²) in [4.78, 5) is 36.3. The molecule has 6 nitrogen and oxygen atoms in total. The van der Waals surface area contributed by atoms with Crippen molar-refractivity contribution in [2.24, 2.45) is 5.92 Å². The highest BCUT2D eigenvalue weighted by Gasteiger charge is 2.35. The van der Waals surface area contributed by atoms with Crippen LogP contribution in [0, 0.1) is 5.92 Å². The lowest BCUT2D eigenvalue weighted by molar-refractivity contribution is -0.146. The molecular formula is C16H28N2O4.